The van der Waals surface area contributed by atoms with E-state index >= 15 is 0 Å². The summed E-state index contributed by atoms with van der Waals surface area (Å²) in [5.74, 6) is 0.564. The summed E-state index contributed by atoms with van der Waals surface area (Å²) >= 11 is 1.59. The van der Waals surface area contributed by atoms with Crippen LogP contribution < -0.4 is 0 Å². The van der Waals surface area contributed by atoms with Crippen LogP contribution in [0.4, 0.5) is 0 Å². The quantitative estimate of drug-likeness (QED) is 0.331. The zero-order chi connectivity index (χ0) is 17.4. The van der Waals surface area contributed by atoms with Gasteiger partial charge in [-0.3, -0.25) is 0 Å². The Labute approximate surface area is 146 Å². The van der Waals surface area contributed by atoms with Gasteiger partial charge in [0, 0.05) is 11.8 Å². The van der Waals surface area contributed by atoms with E-state index in [0.717, 1.165) is 29.4 Å². The van der Waals surface area contributed by atoms with Gasteiger partial charge in [0.15, 0.2) is 0 Å². The molecule has 0 unspecified atom stereocenters. The summed E-state index contributed by atoms with van der Waals surface area (Å²) in [6.45, 7) is 5.56. The molecule has 1 heterocycles. The van der Waals surface area contributed by atoms with Crippen molar-refractivity contribution in [2.24, 2.45) is 0 Å². The zero-order valence-corrected chi connectivity index (χ0v) is 15.0. The standard InChI is InChI=1S/C17H22N4O2S/c1-17(2,3)23-15(22)12-8-5-9-13-24-16-18-19-20-21(16)14-10-6-4-7-11-14/h4,6-8,10-12H,5,9,13H2,1-3H3/b12-8+. The highest BCUT2D eigenvalue weighted by Gasteiger charge is 2.13. The van der Waals surface area contributed by atoms with Gasteiger partial charge in [-0.15, -0.1) is 5.10 Å². The normalized spacial score (nSPS) is 11.8. The maximum Gasteiger partial charge on any atom is 0.330 e. The van der Waals surface area contributed by atoms with Crippen molar-refractivity contribution in [3.63, 3.8) is 0 Å². The van der Waals surface area contributed by atoms with Crippen molar-refractivity contribution in [1.29, 1.82) is 0 Å². The first-order valence-electron chi connectivity index (χ1n) is 7.82. The summed E-state index contributed by atoms with van der Waals surface area (Å²) in [7, 11) is 0. The Kier molecular flexibility index (Phi) is 6.54. The Morgan fingerprint density at radius 1 is 1.29 bits per heavy atom. The van der Waals surface area contributed by atoms with Crippen LogP contribution >= 0.6 is 11.8 Å². The molecule has 1 aromatic carbocycles. The predicted molar refractivity (Wildman–Crippen MR) is 94.1 cm³/mol. The fourth-order valence-corrected chi connectivity index (χ4v) is 2.73. The van der Waals surface area contributed by atoms with Crippen LogP contribution in [0.5, 0.6) is 0 Å². The van der Waals surface area contributed by atoms with E-state index < -0.39 is 5.60 Å². The van der Waals surface area contributed by atoms with Gasteiger partial charge in [-0.2, -0.15) is 4.68 Å². The first-order chi connectivity index (χ1) is 11.5. The lowest BCUT2D eigenvalue weighted by Gasteiger charge is -2.17. The maximum atomic E-state index is 11.5. The number of benzene rings is 1. The fraction of sp³-hybridized carbons (Fsp3) is 0.412. The lowest BCUT2D eigenvalue weighted by Crippen LogP contribution is -2.22. The third-order valence-corrected chi connectivity index (χ3v) is 3.85. The molecule has 0 amide bonds. The molecule has 0 fully saturated rings. The molecule has 128 valence electrons. The fourth-order valence-electron chi connectivity index (χ4n) is 1.88. The highest BCUT2D eigenvalue weighted by Crippen LogP contribution is 2.19. The summed E-state index contributed by atoms with van der Waals surface area (Å²) in [6, 6.07) is 9.78. The van der Waals surface area contributed by atoms with Crippen molar-refractivity contribution in [2.45, 2.75) is 44.4 Å². The molecule has 0 bridgehead atoms. The molecule has 0 saturated heterocycles. The van der Waals surface area contributed by atoms with Crippen LogP contribution in [0.3, 0.4) is 0 Å². The van der Waals surface area contributed by atoms with Gasteiger partial charge < -0.3 is 4.74 Å². The van der Waals surface area contributed by atoms with E-state index in [1.54, 1.807) is 16.4 Å². The minimum Gasteiger partial charge on any atom is -0.457 e. The molecule has 0 aliphatic heterocycles. The Morgan fingerprint density at radius 3 is 2.75 bits per heavy atom. The monoisotopic (exact) mass is 346 g/mol. The molecule has 0 atom stereocenters. The number of ether oxygens (including phenoxy) is 1. The Balaban J connectivity index is 1.74. The number of rotatable bonds is 7. The van der Waals surface area contributed by atoms with E-state index in [2.05, 4.69) is 15.5 Å². The van der Waals surface area contributed by atoms with Crippen molar-refractivity contribution in [3.05, 3.63) is 42.5 Å². The molecule has 0 N–H and O–H groups in total. The average Bonchev–Trinajstić information content (AvgIpc) is 2.98. The van der Waals surface area contributed by atoms with Crippen LogP contribution in [0.1, 0.15) is 33.6 Å². The highest BCUT2D eigenvalue weighted by atomic mass is 32.2. The molecule has 2 aromatic rings. The van der Waals surface area contributed by atoms with Crippen LogP contribution in [0.25, 0.3) is 5.69 Å². The van der Waals surface area contributed by atoms with Crippen molar-refractivity contribution >= 4 is 17.7 Å². The van der Waals surface area contributed by atoms with E-state index in [0.29, 0.717) is 0 Å². The Bertz CT molecular complexity index is 677. The first kappa shape index (κ1) is 18.2. The second kappa shape index (κ2) is 8.63. The minimum absolute atomic E-state index is 0.303. The van der Waals surface area contributed by atoms with Gasteiger partial charge in [0.2, 0.25) is 5.16 Å². The smallest absolute Gasteiger partial charge is 0.330 e. The number of aromatic nitrogens is 4. The van der Waals surface area contributed by atoms with Crippen LogP contribution in [0, 0.1) is 0 Å². The van der Waals surface area contributed by atoms with E-state index in [4.69, 9.17) is 4.74 Å². The molecule has 6 nitrogen and oxygen atoms in total. The molecule has 24 heavy (non-hydrogen) atoms. The largest absolute Gasteiger partial charge is 0.457 e. The maximum absolute atomic E-state index is 11.5. The summed E-state index contributed by atoms with van der Waals surface area (Å²) < 4.78 is 6.93. The Hall–Kier alpha value is -2.15. The van der Waals surface area contributed by atoms with Gasteiger partial charge >= 0.3 is 5.97 Å². The number of nitrogens with zero attached hydrogens (tertiary/aromatic N) is 4. The molecule has 0 radical (unpaired) electrons. The summed E-state index contributed by atoms with van der Waals surface area (Å²) in [6.07, 6.45) is 5.06. The lowest BCUT2D eigenvalue weighted by atomic mass is 10.2. The van der Waals surface area contributed by atoms with Gasteiger partial charge in [0.05, 0.1) is 5.69 Å². The lowest BCUT2D eigenvalue weighted by molar-refractivity contribution is -0.148. The summed E-state index contributed by atoms with van der Waals surface area (Å²) in [5, 5.41) is 12.6. The van der Waals surface area contributed by atoms with E-state index in [9.17, 15) is 4.79 Å². The van der Waals surface area contributed by atoms with Crippen LogP contribution in [0.15, 0.2) is 47.6 Å². The van der Waals surface area contributed by atoms with Crippen LogP contribution in [-0.4, -0.2) is 37.5 Å². The summed E-state index contributed by atoms with van der Waals surface area (Å²) in [4.78, 5) is 11.5. The predicted octanol–water partition coefficient (Wildman–Crippen LogP) is 3.43. The van der Waals surface area contributed by atoms with E-state index in [1.165, 1.54) is 6.08 Å². The zero-order valence-electron chi connectivity index (χ0n) is 14.2. The van der Waals surface area contributed by atoms with Gasteiger partial charge in [0.1, 0.15) is 5.60 Å². The molecule has 1 aromatic heterocycles. The minimum atomic E-state index is -0.453. The third kappa shape index (κ3) is 6.16. The number of carbonyl (C=O) groups is 1. The molecule has 2 rings (SSSR count). The van der Waals surface area contributed by atoms with Gasteiger partial charge in [-0.25, -0.2) is 4.79 Å². The molecule has 0 saturated carbocycles. The SMILES string of the molecule is CC(C)(C)OC(=O)/C=C/CCCSc1nnnn1-c1ccccc1. The molecular formula is C17H22N4O2S. The number of para-hydroxylation sites is 1. The molecule has 0 aliphatic carbocycles. The van der Waals surface area contributed by atoms with E-state index in [-0.39, 0.29) is 5.97 Å². The number of hydrogen-bond donors (Lipinski definition) is 0. The highest BCUT2D eigenvalue weighted by molar-refractivity contribution is 7.99. The number of thioether (sulfide) groups is 1. The van der Waals surface area contributed by atoms with Gasteiger partial charge in [-0.05, 0) is 56.2 Å². The number of allylic oxidation sites excluding steroid dienone is 1. The average molecular weight is 346 g/mol. The molecule has 0 spiro atoms. The Morgan fingerprint density at radius 2 is 2.04 bits per heavy atom. The molecule has 7 heteroatoms. The van der Waals surface area contributed by atoms with E-state index in [1.807, 2.05) is 57.2 Å². The number of unbranched alkanes of at least 4 members (excludes halogenated alkanes) is 1. The van der Waals surface area contributed by atoms with Crippen molar-refractivity contribution in [1.82, 2.24) is 20.2 Å². The first-order valence-corrected chi connectivity index (χ1v) is 8.80. The summed E-state index contributed by atoms with van der Waals surface area (Å²) in [5.41, 5.74) is 0.487. The van der Waals surface area contributed by atoms with Crippen LogP contribution in [-0.2, 0) is 9.53 Å². The van der Waals surface area contributed by atoms with Crippen molar-refractivity contribution in [2.75, 3.05) is 5.75 Å². The number of esters is 1. The number of tetrazole rings is 1. The topological polar surface area (TPSA) is 69.9 Å². The van der Waals surface area contributed by atoms with Crippen molar-refractivity contribution in [3.8, 4) is 5.69 Å². The second-order valence-electron chi connectivity index (χ2n) is 6.14. The second-order valence-corrected chi connectivity index (χ2v) is 7.20. The number of carbonyl (C=O) groups excluding carboxylic acids is 1. The van der Waals surface area contributed by atoms with Gasteiger partial charge in [-0.1, -0.05) is 36.0 Å². The van der Waals surface area contributed by atoms with Gasteiger partial charge in [0.25, 0.3) is 0 Å². The number of hydrogen-bond acceptors (Lipinski definition) is 6. The third-order valence-electron chi connectivity index (χ3n) is 2.85. The van der Waals surface area contributed by atoms with Crippen molar-refractivity contribution < 1.29 is 9.53 Å². The molecular weight excluding hydrogens is 324 g/mol. The molecule has 0 aliphatic rings. The van der Waals surface area contributed by atoms with Crippen LogP contribution in [0.2, 0.25) is 0 Å².